The number of piperidine rings is 1. The van der Waals surface area contributed by atoms with Crippen LogP contribution in [0.2, 0.25) is 0 Å². The summed E-state index contributed by atoms with van der Waals surface area (Å²) in [5.74, 6) is -0.263. The highest BCUT2D eigenvalue weighted by Crippen LogP contribution is 2.23. The van der Waals surface area contributed by atoms with E-state index in [1.807, 2.05) is 6.07 Å². The molecular weight excluding hydrogens is 378 g/mol. The molecule has 0 unspecified atom stereocenters. The molecule has 0 aromatic heterocycles. The second-order valence-electron chi connectivity index (χ2n) is 7.76. The summed E-state index contributed by atoms with van der Waals surface area (Å²) in [6, 6.07) is 15.6. The molecular formula is C24H31N3O3. The number of amides is 2. The number of carbonyl (C=O) groups is 2. The van der Waals surface area contributed by atoms with Crippen LogP contribution in [0.3, 0.4) is 0 Å². The lowest BCUT2D eigenvalue weighted by molar-refractivity contribution is -0.121. The Balaban J connectivity index is 1.54. The van der Waals surface area contributed by atoms with E-state index in [1.54, 1.807) is 25.3 Å². The van der Waals surface area contributed by atoms with Crippen LogP contribution in [-0.4, -0.2) is 50.1 Å². The first kappa shape index (κ1) is 22.0. The lowest BCUT2D eigenvalue weighted by Gasteiger charge is -2.31. The van der Waals surface area contributed by atoms with Gasteiger partial charge < -0.3 is 15.4 Å². The third-order valence-corrected chi connectivity index (χ3v) is 5.63. The number of para-hydroxylation sites is 1. The normalized spacial score (nSPS) is 15.0. The number of likely N-dealkylation sites (tertiary alicyclic amines) is 1. The third-order valence-electron chi connectivity index (χ3n) is 5.63. The zero-order valence-electron chi connectivity index (χ0n) is 17.8. The number of nitrogens with one attached hydrogen (secondary N) is 2. The molecule has 30 heavy (non-hydrogen) atoms. The van der Waals surface area contributed by atoms with E-state index in [0.717, 1.165) is 32.5 Å². The van der Waals surface area contributed by atoms with E-state index in [1.165, 1.54) is 11.1 Å². The van der Waals surface area contributed by atoms with Crippen molar-refractivity contribution in [2.45, 2.75) is 26.3 Å². The minimum atomic E-state index is -0.212. The number of carbonyl (C=O) groups excluding carboxylic acids is 2. The van der Waals surface area contributed by atoms with Gasteiger partial charge in [-0.05, 0) is 56.1 Å². The van der Waals surface area contributed by atoms with Gasteiger partial charge in [-0.2, -0.15) is 0 Å². The van der Waals surface area contributed by atoms with E-state index < -0.39 is 0 Å². The van der Waals surface area contributed by atoms with Crippen LogP contribution in [0.25, 0.3) is 0 Å². The Bertz CT molecular complexity index is 860. The van der Waals surface area contributed by atoms with Gasteiger partial charge in [0.15, 0.2) is 0 Å². The topological polar surface area (TPSA) is 70.7 Å². The van der Waals surface area contributed by atoms with E-state index in [4.69, 9.17) is 4.74 Å². The van der Waals surface area contributed by atoms with Gasteiger partial charge in [-0.15, -0.1) is 0 Å². The monoisotopic (exact) mass is 409 g/mol. The van der Waals surface area contributed by atoms with Crippen LogP contribution in [0.5, 0.6) is 0 Å². The van der Waals surface area contributed by atoms with Crippen molar-refractivity contribution >= 4 is 17.5 Å². The number of ether oxygens (including phenoxy) is 1. The molecule has 3 rings (SSSR count). The van der Waals surface area contributed by atoms with Crippen LogP contribution in [0, 0.1) is 12.8 Å². The van der Waals surface area contributed by atoms with Crippen LogP contribution < -0.4 is 10.6 Å². The number of rotatable bonds is 8. The number of hydrogen-bond acceptors (Lipinski definition) is 4. The average Bonchev–Trinajstić information content (AvgIpc) is 2.76. The van der Waals surface area contributed by atoms with Crippen molar-refractivity contribution in [3.05, 3.63) is 65.2 Å². The molecule has 1 aliphatic rings. The van der Waals surface area contributed by atoms with E-state index >= 15 is 0 Å². The molecule has 6 nitrogen and oxygen atoms in total. The van der Waals surface area contributed by atoms with Crippen molar-refractivity contribution in [1.29, 1.82) is 0 Å². The predicted octanol–water partition coefficient (Wildman–Crippen LogP) is 3.22. The first-order valence-electron chi connectivity index (χ1n) is 10.5. The van der Waals surface area contributed by atoms with E-state index in [9.17, 15) is 9.59 Å². The Morgan fingerprint density at radius 1 is 1.07 bits per heavy atom. The quantitative estimate of drug-likeness (QED) is 0.657. The van der Waals surface area contributed by atoms with Crippen LogP contribution in [-0.2, 0) is 16.1 Å². The van der Waals surface area contributed by atoms with Gasteiger partial charge in [0.05, 0.1) is 17.9 Å². The molecule has 1 fully saturated rings. The molecule has 0 radical (unpaired) electrons. The highest BCUT2D eigenvalue weighted by atomic mass is 16.5. The van der Waals surface area contributed by atoms with Crippen LogP contribution in [0.4, 0.5) is 5.69 Å². The molecule has 160 valence electrons. The number of anilines is 1. The summed E-state index contributed by atoms with van der Waals surface area (Å²) in [6.45, 7) is 5.72. The van der Waals surface area contributed by atoms with Crippen molar-refractivity contribution in [1.82, 2.24) is 10.2 Å². The number of hydrogen-bond donors (Lipinski definition) is 2. The first-order valence-corrected chi connectivity index (χ1v) is 10.5. The van der Waals surface area contributed by atoms with Gasteiger partial charge >= 0.3 is 0 Å². The first-order chi connectivity index (χ1) is 14.6. The molecule has 2 amide bonds. The van der Waals surface area contributed by atoms with Crippen LogP contribution >= 0.6 is 0 Å². The second kappa shape index (κ2) is 10.9. The molecule has 1 heterocycles. The van der Waals surface area contributed by atoms with E-state index in [-0.39, 0.29) is 17.7 Å². The molecule has 2 N–H and O–H groups in total. The average molecular weight is 410 g/mol. The number of benzene rings is 2. The number of methoxy groups -OCH3 is 1. The summed E-state index contributed by atoms with van der Waals surface area (Å²) in [5.41, 5.74) is 3.67. The van der Waals surface area contributed by atoms with Crippen molar-refractivity contribution in [2.75, 3.05) is 38.7 Å². The largest absolute Gasteiger partial charge is 0.383 e. The van der Waals surface area contributed by atoms with Crippen molar-refractivity contribution in [2.24, 2.45) is 5.92 Å². The van der Waals surface area contributed by atoms with Crippen molar-refractivity contribution in [3.8, 4) is 0 Å². The van der Waals surface area contributed by atoms with Gasteiger partial charge in [-0.1, -0.05) is 36.4 Å². The van der Waals surface area contributed by atoms with Crippen LogP contribution in [0.15, 0.2) is 48.5 Å². The Kier molecular flexibility index (Phi) is 7.99. The van der Waals surface area contributed by atoms with E-state index in [2.05, 4.69) is 46.7 Å². The fraction of sp³-hybridized carbons (Fsp3) is 0.417. The summed E-state index contributed by atoms with van der Waals surface area (Å²) in [6.07, 6.45) is 1.64. The van der Waals surface area contributed by atoms with E-state index in [0.29, 0.717) is 24.4 Å². The van der Waals surface area contributed by atoms with Gasteiger partial charge in [0.1, 0.15) is 0 Å². The summed E-state index contributed by atoms with van der Waals surface area (Å²) in [7, 11) is 1.59. The Hall–Kier alpha value is -2.70. The smallest absolute Gasteiger partial charge is 0.253 e. The lowest BCUT2D eigenvalue weighted by Crippen LogP contribution is -2.38. The van der Waals surface area contributed by atoms with Crippen molar-refractivity contribution in [3.63, 3.8) is 0 Å². The maximum absolute atomic E-state index is 12.8. The molecule has 0 spiro atoms. The number of aryl methyl sites for hydroxylation is 1. The standard InChI is InChI=1S/C24H31N3O3/c1-18-7-3-4-8-20(18)17-27-14-11-19(12-15-27)23(28)26-22-10-6-5-9-21(22)24(29)25-13-16-30-2/h3-10,19H,11-17H2,1-2H3,(H,25,29)(H,26,28). The highest BCUT2D eigenvalue weighted by molar-refractivity contribution is 6.04. The third kappa shape index (κ3) is 5.90. The van der Waals surface area contributed by atoms with Gasteiger partial charge in [0, 0.05) is 26.1 Å². The minimum absolute atomic E-state index is 0.0114. The minimum Gasteiger partial charge on any atom is -0.383 e. The molecule has 1 aliphatic heterocycles. The zero-order valence-corrected chi connectivity index (χ0v) is 17.8. The molecule has 0 aliphatic carbocycles. The second-order valence-corrected chi connectivity index (χ2v) is 7.76. The molecule has 1 saturated heterocycles. The summed E-state index contributed by atoms with van der Waals surface area (Å²) in [5, 5.41) is 5.78. The Morgan fingerprint density at radius 2 is 1.77 bits per heavy atom. The van der Waals surface area contributed by atoms with Gasteiger partial charge in [-0.3, -0.25) is 14.5 Å². The SMILES string of the molecule is COCCNC(=O)c1ccccc1NC(=O)C1CCN(Cc2ccccc2C)CC1. The molecule has 0 bridgehead atoms. The Morgan fingerprint density at radius 3 is 2.50 bits per heavy atom. The Labute approximate surface area is 178 Å². The highest BCUT2D eigenvalue weighted by Gasteiger charge is 2.26. The fourth-order valence-electron chi connectivity index (χ4n) is 3.77. The molecule has 0 atom stereocenters. The summed E-state index contributed by atoms with van der Waals surface area (Å²) < 4.78 is 4.97. The molecule has 6 heteroatoms. The van der Waals surface area contributed by atoms with Crippen LogP contribution in [0.1, 0.15) is 34.3 Å². The van der Waals surface area contributed by atoms with Gasteiger partial charge in [0.25, 0.3) is 5.91 Å². The summed E-state index contributed by atoms with van der Waals surface area (Å²) >= 11 is 0. The molecule has 2 aromatic carbocycles. The number of nitrogens with zero attached hydrogens (tertiary/aromatic N) is 1. The fourth-order valence-corrected chi connectivity index (χ4v) is 3.77. The molecule has 2 aromatic rings. The van der Waals surface area contributed by atoms with Gasteiger partial charge in [0.2, 0.25) is 5.91 Å². The van der Waals surface area contributed by atoms with Gasteiger partial charge in [-0.25, -0.2) is 0 Å². The lowest BCUT2D eigenvalue weighted by atomic mass is 9.95. The zero-order chi connectivity index (χ0) is 21.3. The maximum Gasteiger partial charge on any atom is 0.253 e. The molecule has 0 saturated carbocycles. The summed E-state index contributed by atoms with van der Waals surface area (Å²) in [4.78, 5) is 27.7. The van der Waals surface area contributed by atoms with Crippen molar-refractivity contribution < 1.29 is 14.3 Å². The predicted molar refractivity (Wildman–Crippen MR) is 118 cm³/mol. The maximum atomic E-state index is 12.8.